The van der Waals surface area contributed by atoms with E-state index in [2.05, 4.69) is 15.3 Å². The molecular formula is C20H18ClN5O. The average Bonchev–Trinajstić information content (AvgIpc) is 3.09. The van der Waals surface area contributed by atoms with Gasteiger partial charge >= 0.3 is 0 Å². The van der Waals surface area contributed by atoms with Crippen LogP contribution >= 0.6 is 11.6 Å². The van der Waals surface area contributed by atoms with Crippen LogP contribution in [0.15, 0.2) is 42.6 Å². The van der Waals surface area contributed by atoms with Gasteiger partial charge in [-0.2, -0.15) is 4.68 Å². The molecule has 0 fully saturated rings. The molecule has 0 saturated heterocycles. The van der Waals surface area contributed by atoms with Gasteiger partial charge in [-0.05, 0) is 50.6 Å². The minimum absolute atomic E-state index is 0.165. The molecule has 0 spiro atoms. The molecule has 27 heavy (non-hydrogen) atoms. The lowest BCUT2D eigenvalue weighted by Crippen LogP contribution is -2.31. The third-order valence-electron chi connectivity index (χ3n) is 4.69. The Labute approximate surface area is 162 Å². The van der Waals surface area contributed by atoms with E-state index in [1.54, 1.807) is 21.8 Å². The minimum Gasteiger partial charge on any atom is -0.306 e. The lowest BCUT2D eigenvalue weighted by atomic mass is 10.1. The van der Waals surface area contributed by atoms with Gasteiger partial charge in [-0.3, -0.25) is 4.79 Å². The second-order valence-corrected chi connectivity index (χ2v) is 6.93. The fourth-order valence-corrected chi connectivity index (χ4v) is 3.38. The molecule has 7 heteroatoms. The predicted molar refractivity (Wildman–Crippen MR) is 104 cm³/mol. The zero-order chi connectivity index (χ0) is 19.1. The summed E-state index contributed by atoms with van der Waals surface area (Å²) >= 11 is 6.34. The van der Waals surface area contributed by atoms with E-state index in [1.165, 1.54) is 0 Å². The number of amides is 1. The quantitative estimate of drug-likeness (QED) is 0.671. The number of aromatic nitrogens is 4. The summed E-state index contributed by atoms with van der Waals surface area (Å²) in [6.45, 7) is 5.73. The summed E-state index contributed by atoms with van der Waals surface area (Å²) in [5.41, 5.74) is 3.78. The maximum atomic E-state index is 13.0. The summed E-state index contributed by atoms with van der Waals surface area (Å²) in [5, 5.41) is 9.03. The van der Waals surface area contributed by atoms with E-state index in [0.717, 1.165) is 22.6 Å². The first-order valence-corrected chi connectivity index (χ1v) is 9.01. The normalized spacial score (nSPS) is 15.7. The monoisotopic (exact) mass is 379 g/mol. The van der Waals surface area contributed by atoms with Crippen molar-refractivity contribution in [2.24, 2.45) is 0 Å². The molecule has 4 rings (SSSR count). The largest absolute Gasteiger partial charge is 0.306 e. The first-order chi connectivity index (χ1) is 13.0. The zero-order valence-corrected chi connectivity index (χ0v) is 16.0. The molecule has 1 aliphatic heterocycles. The van der Waals surface area contributed by atoms with Crippen molar-refractivity contribution in [2.45, 2.75) is 26.8 Å². The number of fused-ring (bicyclic) bond motifs is 1. The number of nitrogens with zero attached hydrogens (tertiary/aromatic N) is 5. The number of aryl methyl sites for hydroxylation is 2. The highest BCUT2D eigenvalue weighted by molar-refractivity contribution is 6.34. The molecule has 1 amide bonds. The first-order valence-electron chi connectivity index (χ1n) is 8.63. The van der Waals surface area contributed by atoms with E-state index in [-0.39, 0.29) is 11.9 Å². The molecule has 2 aromatic heterocycles. The molecule has 136 valence electrons. The maximum absolute atomic E-state index is 13.0. The van der Waals surface area contributed by atoms with Gasteiger partial charge in [0.2, 0.25) is 0 Å². The number of benzene rings is 1. The summed E-state index contributed by atoms with van der Waals surface area (Å²) in [7, 11) is 0. The van der Waals surface area contributed by atoms with E-state index in [0.29, 0.717) is 16.4 Å². The highest BCUT2D eigenvalue weighted by Crippen LogP contribution is 2.32. The number of hydrogen-bond acceptors (Lipinski definition) is 4. The Morgan fingerprint density at radius 3 is 2.70 bits per heavy atom. The fraction of sp³-hybridized carbons (Fsp3) is 0.200. The van der Waals surface area contributed by atoms with Crippen molar-refractivity contribution in [3.63, 3.8) is 0 Å². The Morgan fingerprint density at radius 2 is 1.93 bits per heavy atom. The minimum atomic E-state index is -0.271. The molecular weight excluding hydrogens is 362 g/mol. The molecule has 0 aliphatic carbocycles. The molecule has 3 heterocycles. The maximum Gasteiger partial charge on any atom is 0.259 e. The highest BCUT2D eigenvalue weighted by Gasteiger charge is 2.30. The van der Waals surface area contributed by atoms with Crippen LogP contribution in [0.4, 0.5) is 0 Å². The molecule has 0 saturated carbocycles. The Hall–Kier alpha value is -2.99. The van der Waals surface area contributed by atoms with Crippen LogP contribution < -0.4 is 0 Å². The van der Waals surface area contributed by atoms with Gasteiger partial charge in [0.1, 0.15) is 5.69 Å². The van der Waals surface area contributed by atoms with Gasteiger partial charge in [0, 0.05) is 11.9 Å². The van der Waals surface area contributed by atoms with Crippen LogP contribution in [0, 0.1) is 13.8 Å². The molecule has 1 aromatic carbocycles. The summed E-state index contributed by atoms with van der Waals surface area (Å²) in [6.07, 6.45) is 3.59. The van der Waals surface area contributed by atoms with Crippen molar-refractivity contribution < 1.29 is 4.79 Å². The second kappa shape index (κ2) is 6.63. The van der Waals surface area contributed by atoms with E-state index in [1.807, 2.05) is 57.2 Å². The van der Waals surface area contributed by atoms with Crippen LogP contribution in [0.2, 0.25) is 5.02 Å². The van der Waals surface area contributed by atoms with Crippen molar-refractivity contribution in [1.82, 2.24) is 24.9 Å². The molecule has 3 aromatic rings. The molecule has 1 unspecified atom stereocenters. The third kappa shape index (κ3) is 2.92. The third-order valence-corrected chi connectivity index (χ3v) is 5.19. The molecule has 6 nitrogen and oxygen atoms in total. The first kappa shape index (κ1) is 17.4. The number of pyridine rings is 1. The molecule has 0 N–H and O–H groups in total. The number of halogens is 1. The van der Waals surface area contributed by atoms with Crippen LogP contribution in [-0.4, -0.2) is 30.8 Å². The van der Waals surface area contributed by atoms with Crippen LogP contribution in [0.1, 0.15) is 46.0 Å². The molecule has 0 bridgehead atoms. The predicted octanol–water partition coefficient (Wildman–Crippen LogP) is 4.12. The standard InChI is InChI=1S/C20H18ClN5O/c1-12-6-4-8-15(18(12)21)20(27)25-11-10-16-19(14(25)3)23-24-26(16)17-9-5-7-13(2)22-17/h4-11,14H,1-3H3. The van der Waals surface area contributed by atoms with E-state index in [4.69, 9.17) is 11.6 Å². The fourth-order valence-electron chi connectivity index (χ4n) is 3.18. The zero-order valence-electron chi connectivity index (χ0n) is 15.2. The van der Waals surface area contributed by atoms with Crippen molar-refractivity contribution >= 4 is 23.6 Å². The van der Waals surface area contributed by atoms with E-state index >= 15 is 0 Å². The summed E-state index contributed by atoms with van der Waals surface area (Å²) < 4.78 is 1.69. The molecule has 0 radical (unpaired) electrons. The highest BCUT2D eigenvalue weighted by atomic mass is 35.5. The Kier molecular flexibility index (Phi) is 4.28. The number of carbonyl (C=O) groups excluding carboxylic acids is 1. The van der Waals surface area contributed by atoms with E-state index in [9.17, 15) is 4.79 Å². The Balaban J connectivity index is 1.71. The van der Waals surface area contributed by atoms with Crippen molar-refractivity contribution in [1.29, 1.82) is 0 Å². The number of hydrogen-bond donors (Lipinski definition) is 0. The lowest BCUT2D eigenvalue weighted by molar-refractivity contribution is 0.0774. The molecule has 1 atom stereocenters. The van der Waals surface area contributed by atoms with Gasteiger partial charge in [-0.15, -0.1) is 5.10 Å². The SMILES string of the molecule is Cc1cccc(-n2nnc3c2C=CN(C(=O)c2cccc(C)c2Cl)C3C)n1. The van der Waals surface area contributed by atoms with Gasteiger partial charge < -0.3 is 4.90 Å². The topological polar surface area (TPSA) is 63.9 Å². The van der Waals surface area contributed by atoms with E-state index < -0.39 is 0 Å². The summed E-state index contributed by atoms with van der Waals surface area (Å²) in [6, 6.07) is 10.9. The second-order valence-electron chi connectivity index (χ2n) is 6.55. The number of carbonyl (C=O) groups is 1. The van der Waals surface area contributed by atoms with Crippen LogP contribution in [0.25, 0.3) is 11.9 Å². The lowest BCUT2D eigenvalue weighted by Gasteiger charge is -2.28. The Bertz CT molecular complexity index is 1070. The smallest absolute Gasteiger partial charge is 0.259 e. The van der Waals surface area contributed by atoms with Crippen molar-refractivity contribution in [2.75, 3.05) is 0 Å². The van der Waals surface area contributed by atoms with Crippen molar-refractivity contribution in [3.05, 3.63) is 75.8 Å². The van der Waals surface area contributed by atoms with Crippen LogP contribution in [0.5, 0.6) is 0 Å². The van der Waals surface area contributed by atoms with Gasteiger partial charge in [-0.25, -0.2) is 4.98 Å². The summed E-state index contributed by atoms with van der Waals surface area (Å²) in [5.74, 6) is 0.531. The molecule has 1 aliphatic rings. The van der Waals surface area contributed by atoms with Gasteiger partial charge in [0.15, 0.2) is 5.82 Å². The number of rotatable bonds is 2. The van der Waals surface area contributed by atoms with Crippen LogP contribution in [0.3, 0.4) is 0 Å². The van der Waals surface area contributed by atoms with Crippen molar-refractivity contribution in [3.8, 4) is 5.82 Å². The van der Waals surface area contributed by atoms with Gasteiger partial charge in [-0.1, -0.05) is 35.0 Å². The van der Waals surface area contributed by atoms with Crippen LogP contribution in [-0.2, 0) is 0 Å². The Morgan fingerprint density at radius 1 is 1.15 bits per heavy atom. The van der Waals surface area contributed by atoms with Gasteiger partial charge in [0.05, 0.1) is 22.3 Å². The van der Waals surface area contributed by atoms with Gasteiger partial charge in [0.25, 0.3) is 5.91 Å². The summed E-state index contributed by atoms with van der Waals surface area (Å²) in [4.78, 5) is 19.2. The average molecular weight is 380 g/mol.